The Labute approximate surface area is 147 Å². The summed E-state index contributed by atoms with van der Waals surface area (Å²) in [5, 5.41) is 5.15. The molecule has 129 valence electrons. The molecular formula is C23H32N. The second kappa shape index (κ2) is 6.94. The second-order valence-electron chi connectivity index (χ2n) is 8.57. The van der Waals surface area contributed by atoms with Crippen molar-refractivity contribution >= 4 is 11.3 Å². The lowest BCUT2D eigenvalue weighted by Gasteiger charge is -2.41. The third-order valence-corrected chi connectivity index (χ3v) is 6.87. The molecule has 0 saturated heterocycles. The van der Waals surface area contributed by atoms with Gasteiger partial charge in [-0.1, -0.05) is 70.1 Å². The van der Waals surface area contributed by atoms with E-state index in [0.717, 1.165) is 0 Å². The van der Waals surface area contributed by atoms with Crippen LogP contribution in [0.4, 0.5) is 5.69 Å². The smallest absolute Gasteiger partial charge is 0.0708 e. The van der Waals surface area contributed by atoms with Crippen molar-refractivity contribution in [1.29, 1.82) is 0 Å². The van der Waals surface area contributed by atoms with Gasteiger partial charge in [0.15, 0.2) is 0 Å². The zero-order chi connectivity index (χ0) is 16.4. The number of rotatable bonds is 1. The molecule has 1 aliphatic heterocycles. The summed E-state index contributed by atoms with van der Waals surface area (Å²) in [6, 6.07) is 8.82. The first-order chi connectivity index (χ1) is 11.8. The lowest BCUT2D eigenvalue weighted by atomic mass is 9.64. The first kappa shape index (κ1) is 16.2. The van der Waals surface area contributed by atoms with E-state index in [0.29, 0.717) is 11.3 Å². The van der Waals surface area contributed by atoms with Gasteiger partial charge in [0.2, 0.25) is 0 Å². The molecule has 0 N–H and O–H groups in total. The van der Waals surface area contributed by atoms with E-state index in [9.17, 15) is 0 Å². The van der Waals surface area contributed by atoms with Gasteiger partial charge in [0.1, 0.15) is 0 Å². The largest absolute Gasteiger partial charge is 0.252 e. The fraction of sp³-hybridized carbons (Fsp3) is 0.652. The maximum absolute atomic E-state index is 5.15. The number of hydrogen-bond acceptors (Lipinski definition) is 0. The molecule has 1 nitrogen and oxygen atoms in total. The van der Waals surface area contributed by atoms with Crippen molar-refractivity contribution in [2.24, 2.45) is 11.3 Å². The Balaban J connectivity index is 1.61. The van der Waals surface area contributed by atoms with Crippen LogP contribution in [0.1, 0.15) is 89.5 Å². The summed E-state index contributed by atoms with van der Waals surface area (Å²) < 4.78 is 0. The monoisotopic (exact) mass is 322 g/mol. The Bertz CT molecular complexity index is 602. The topological polar surface area (TPSA) is 14.1 Å². The Morgan fingerprint density at radius 3 is 2.29 bits per heavy atom. The van der Waals surface area contributed by atoms with E-state index >= 15 is 0 Å². The molecule has 1 heteroatoms. The van der Waals surface area contributed by atoms with E-state index in [1.165, 1.54) is 94.0 Å². The molecular weight excluding hydrogens is 290 g/mol. The molecule has 2 aliphatic carbocycles. The van der Waals surface area contributed by atoms with E-state index in [1.807, 2.05) is 0 Å². The van der Waals surface area contributed by atoms with Crippen LogP contribution in [-0.4, -0.2) is 0 Å². The quantitative estimate of drug-likeness (QED) is 0.529. The van der Waals surface area contributed by atoms with Crippen LogP contribution in [0, 0.1) is 11.3 Å². The number of nitrogens with zero attached hydrogens (tertiary/aromatic N) is 1. The fourth-order valence-electron chi connectivity index (χ4n) is 5.43. The molecule has 1 saturated carbocycles. The van der Waals surface area contributed by atoms with Crippen LogP contribution in [-0.2, 0) is 0 Å². The van der Waals surface area contributed by atoms with Gasteiger partial charge in [-0.15, -0.1) is 0 Å². The third kappa shape index (κ3) is 3.03. The highest BCUT2D eigenvalue weighted by Crippen LogP contribution is 2.53. The van der Waals surface area contributed by atoms with Crippen LogP contribution in [0.2, 0.25) is 0 Å². The zero-order valence-corrected chi connectivity index (χ0v) is 15.3. The van der Waals surface area contributed by atoms with Gasteiger partial charge in [0.25, 0.3) is 0 Å². The van der Waals surface area contributed by atoms with Gasteiger partial charge < -0.3 is 0 Å². The summed E-state index contributed by atoms with van der Waals surface area (Å²) in [5.41, 5.74) is 6.19. The third-order valence-electron chi connectivity index (χ3n) is 6.87. The highest BCUT2D eigenvalue weighted by molar-refractivity contribution is 5.82. The summed E-state index contributed by atoms with van der Waals surface area (Å²) in [6.07, 6.45) is 16.8. The van der Waals surface area contributed by atoms with Crippen molar-refractivity contribution in [3.63, 3.8) is 0 Å². The molecule has 1 unspecified atom stereocenters. The number of hydrogen-bond donors (Lipinski definition) is 0. The summed E-state index contributed by atoms with van der Waals surface area (Å²) in [5.74, 6) is 0.688. The van der Waals surface area contributed by atoms with Crippen molar-refractivity contribution in [2.45, 2.75) is 84.0 Å². The maximum Gasteiger partial charge on any atom is 0.0708 e. The van der Waals surface area contributed by atoms with Gasteiger partial charge >= 0.3 is 0 Å². The summed E-state index contributed by atoms with van der Waals surface area (Å²) in [6.45, 7) is 2.59. The molecule has 1 radical (unpaired) electrons. The van der Waals surface area contributed by atoms with E-state index in [1.54, 1.807) is 5.57 Å². The van der Waals surface area contributed by atoms with Crippen LogP contribution in [0.5, 0.6) is 0 Å². The van der Waals surface area contributed by atoms with Crippen LogP contribution >= 0.6 is 0 Å². The van der Waals surface area contributed by atoms with Gasteiger partial charge in [-0.25, -0.2) is 0 Å². The first-order valence-electron chi connectivity index (χ1n) is 10.3. The summed E-state index contributed by atoms with van der Waals surface area (Å²) in [4.78, 5) is 0. The van der Waals surface area contributed by atoms with Crippen molar-refractivity contribution in [2.75, 3.05) is 0 Å². The number of fused-ring (bicyclic) bond motifs is 2. The predicted octanol–water partition coefficient (Wildman–Crippen LogP) is 6.98. The molecule has 1 atom stereocenters. The standard InChI is InChI=1S/C23H32N/c1-23(16-9-5-3-2-4-6-10-17-23)20-14-11-13-19-18-12-7-8-15-21(18)24-22(19)20/h7-8,12,15,20H,2-6,9-11,13-14,16-17H2,1H3. The number of para-hydroxylation sites is 1. The lowest BCUT2D eigenvalue weighted by Crippen LogP contribution is -2.32. The molecule has 0 bridgehead atoms. The fourth-order valence-corrected chi connectivity index (χ4v) is 5.43. The highest BCUT2D eigenvalue weighted by atomic mass is 14.9. The lowest BCUT2D eigenvalue weighted by molar-refractivity contribution is 0.148. The minimum atomic E-state index is 0.462. The van der Waals surface area contributed by atoms with Crippen LogP contribution in [0.15, 0.2) is 30.0 Å². The Hall–Kier alpha value is -1.24. The van der Waals surface area contributed by atoms with Crippen molar-refractivity contribution in [3.8, 4) is 0 Å². The van der Waals surface area contributed by atoms with Crippen LogP contribution < -0.4 is 5.32 Å². The molecule has 24 heavy (non-hydrogen) atoms. The van der Waals surface area contributed by atoms with Crippen LogP contribution in [0.25, 0.3) is 5.57 Å². The average molecular weight is 323 g/mol. The molecule has 1 aromatic carbocycles. The Morgan fingerprint density at radius 2 is 1.54 bits per heavy atom. The summed E-state index contributed by atoms with van der Waals surface area (Å²) >= 11 is 0. The molecule has 1 fully saturated rings. The SMILES string of the molecule is CC1(C2CCCC3=C2[N]c2ccccc23)CCCCCCCCC1. The second-order valence-corrected chi connectivity index (χ2v) is 8.57. The molecule has 0 amide bonds. The first-order valence-corrected chi connectivity index (χ1v) is 10.3. The van der Waals surface area contributed by atoms with Crippen LogP contribution in [0.3, 0.4) is 0 Å². The number of benzene rings is 1. The predicted molar refractivity (Wildman–Crippen MR) is 102 cm³/mol. The van der Waals surface area contributed by atoms with E-state index in [4.69, 9.17) is 5.32 Å². The van der Waals surface area contributed by atoms with Gasteiger partial charge in [-0.2, -0.15) is 0 Å². The van der Waals surface area contributed by atoms with Gasteiger partial charge in [0.05, 0.1) is 5.69 Å². The molecule has 0 spiro atoms. The van der Waals surface area contributed by atoms with Gasteiger partial charge in [0, 0.05) is 17.2 Å². The van der Waals surface area contributed by atoms with Gasteiger partial charge in [-0.3, -0.25) is 5.32 Å². The average Bonchev–Trinajstić information content (AvgIpc) is 2.99. The molecule has 1 heterocycles. The molecule has 0 aromatic heterocycles. The number of allylic oxidation sites excluding steroid dienone is 2. The van der Waals surface area contributed by atoms with E-state index in [-0.39, 0.29) is 0 Å². The van der Waals surface area contributed by atoms with E-state index < -0.39 is 0 Å². The highest BCUT2D eigenvalue weighted by Gasteiger charge is 2.41. The minimum absolute atomic E-state index is 0.462. The van der Waals surface area contributed by atoms with Crippen molar-refractivity contribution in [3.05, 3.63) is 35.5 Å². The van der Waals surface area contributed by atoms with Crippen molar-refractivity contribution in [1.82, 2.24) is 5.32 Å². The Kier molecular flexibility index (Phi) is 4.70. The van der Waals surface area contributed by atoms with E-state index in [2.05, 4.69) is 31.2 Å². The molecule has 4 rings (SSSR count). The zero-order valence-electron chi connectivity index (χ0n) is 15.3. The molecule has 3 aliphatic rings. The molecule has 1 aromatic rings. The normalized spacial score (nSPS) is 27.1. The Morgan fingerprint density at radius 1 is 0.875 bits per heavy atom. The minimum Gasteiger partial charge on any atom is -0.252 e. The maximum atomic E-state index is 5.15. The summed E-state index contributed by atoms with van der Waals surface area (Å²) in [7, 11) is 0. The van der Waals surface area contributed by atoms with Crippen molar-refractivity contribution < 1.29 is 0 Å². The van der Waals surface area contributed by atoms with Gasteiger partial charge in [-0.05, 0) is 49.2 Å².